The van der Waals surface area contributed by atoms with Crippen LogP contribution in [0.15, 0.2) is 42.5 Å². The van der Waals surface area contributed by atoms with Gasteiger partial charge in [-0.3, -0.25) is 4.79 Å². The predicted octanol–water partition coefficient (Wildman–Crippen LogP) is 5.70. The van der Waals surface area contributed by atoms with Gasteiger partial charge in [0.2, 0.25) is 0 Å². The average Bonchev–Trinajstić information content (AvgIpc) is 3.12. The van der Waals surface area contributed by atoms with Crippen LogP contribution in [0.4, 0.5) is 5.69 Å². The quantitative estimate of drug-likeness (QED) is 0.438. The van der Waals surface area contributed by atoms with E-state index in [9.17, 15) is 9.59 Å². The fourth-order valence-corrected chi connectivity index (χ4v) is 4.79. The van der Waals surface area contributed by atoms with Crippen LogP contribution in [-0.2, 0) is 16.1 Å². The Morgan fingerprint density at radius 2 is 2.00 bits per heavy atom. The molecule has 1 aliphatic rings. The second kappa shape index (κ2) is 9.35. The number of nitrogens with zero attached hydrogens (tertiary/aromatic N) is 2. The molecule has 172 valence electrons. The van der Waals surface area contributed by atoms with Gasteiger partial charge >= 0.3 is 5.97 Å². The van der Waals surface area contributed by atoms with Gasteiger partial charge in [0.05, 0.1) is 34.6 Å². The Labute approximate surface area is 198 Å². The molecule has 0 saturated carbocycles. The highest BCUT2D eigenvalue weighted by atomic mass is 32.1. The van der Waals surface area contributed by atoms with Crippen LogP contribution in [0.3, 0.4) is 0 Å². The van der Waals surface area contributed by atoms with Crippen molar-refractivity contribution < 1.29 is 19.1 Å². The van der Waals surface area contributed by atoms with E-state index in [0.717, 1.165) is 26.7 Å². The first kappa shape index (κ1) is 23.0. The van der Waals surface area contributed by atoms with Crippen molar-refractivity contribution in [1.29, 1.82) is 0 Å². The molecule has 6 nitrogen and oxygen atoms in total. The Morgan fingerprint density at radius 1 is 1.21 bits per heavy atom. The Kier molecular flexibility index (Phi) is 6.51. The van der Waals surface area contributed by atoms with Gasteiger partial charge in [0, 0.05) is 10.4 Å². The van der Waals surface area contributed by atoms with Crippen LogP contribution in [0.1, 0.15) is 53.0 Å². The van der Waals surface area contributed by atoms with Crippen molar-refractivity contribution in [2.24, 2.45) is 0 Å². The summed E-state index contributed by atoms with van der Waals surface area (Å²) in [5.74, 6) is 0.206. The monoisotopic (exact) mass is 464 g/mol. The number of aryl methyl sites for hydroxylation is 2. The highest BCUT2D eigenvalue weighted by Crippen LogP contribution is 2.40. The summed E-state index contributed by atoms with van der Waals surface area (Å²) in [4.78, 5) is 33.2. The van der Waals surface area contributed by atoms with E-state index in [1.165, 1.54) is 0 Å². The molecule has 0 bridgehead atoms. The van der Waals surface area contributed by atoms with E-state index < -0.39 is 6.10 Å². The van der Waals surface area contributed by atoms with Gasteiger partial charge < -0.3 is 14.4 Å². The molecule has 1 amide bonds. The maximum Gasteiger partial charge on any atom is 0.338 e. The zero-order valence-corrected chi connectivity index (χ0v) is 20.4. The summed E-state index contributed by atoms with van der Waals surface area (Å²) in [5.41, 5.74) is 3.89. The van der Waals surface area contributed by atoms with Crippen molar-refractivity contribution in [3.05, 3.63) is 63.5 Å². The van der Waals surface area contributed by atoms with E-state index in [1.54, 1.807) is 28.4 Å². The number of hydrogen-bond acceptors (Lipinski definition) is 6. The molecule has 2 heterocycles. The topological polar surface area (TPSA) is 68.7 Å². The highest BCUT2D eigenvalue weighted by Gasteiger charge is 2.34. The van der Waals surface area contributed by atoms with Crippen LogP contribution in [0.25, 0.3) is 11.3 Å². The smallest absolute Gasteiger partial charge is 0.338 e. The van der Waals surface area contributed by atoms with Crippen molar-refractivity contribution in [2.45, 2.75) is 59.8 Å². The third-order valence-corrected chi connectivity index (χ3v) is 6.34. The number of rotatable bonds is 6. The predicted molar refractivity (Wildman–Crippen MR) is 130 cm³/mol. The van der Waals surface area contributed by atoms with Crippen LogP contribution in [-0.4, -0.2) is 29.1 Å². The molecule has 0 aliphatic carbocycles. The largest absolute Gasteiger partial charge is 0.478 e. The van der Waals surface area contributed by atoms with Crippen LogP contribution < -0.4 is 9.64 Å². The molecule has 2 aromatic carbocycles. The summed E-state index contributed by atoms with van der Waals surface area (Å²) in [6, 6.07) is 13.1. The van der Waals surface area contributed by atoms with Gasteiger partial charge in [-0.25, -0.2) is 9.78 Å². The second-order valence-corrected chi connectivity index (χ2v) is 9.82. The van der Waals surface area contributed by atoms with Gasteiger partial charge in [0.15, 0.2) is 6.10 Å². The van der Waals surface area contributed by atoms with Crippen molar-refractivity contribution >= 4 is 28.9 Å². The number of ether oxygens (including phenoxy) is 2. The first-order chi connectivity index (χ1) is 15.8. The minimum absolute atomic E-state index is 0.0940. The number of aromatic nitrogens is 1. The van der Waals surface area contributed by atoms with Crippen molar-refractivity contribution in [2.75, 3.05) is 4.90 Å². The normalized spacial score (nSPS) is 15.4. The van der Waals surface area contributed by atoms with E-state index in [0.29, 0.717) is 30.0 Å². The highest BCUT2D eigenvalue weighted by molar-refractivity contribution is 7.11. The van der Waals surface area contributed by atoms with Gasteiger partial charge in [-0.1, -0.05) is 19.1 Å². The molecule has 0 N–H and O–H groups in total. The number of amides is 1. The molecule has 4 rings (SSSR count). The molecule has 3 aromatic rings. The number of hydrogen-bond donors (Lipinski definition) is 0. The fraction of sp³-hybridized carbons (Fsp3) is 0.346. The third-order valence-electron chi connectivity index (χ3n) is 5.45. The third kappa shape index (κ3) is 4.78. The number of thiazole rings is 1. The van der Waals surface area contributed by atoms with Crippen molar-refractivity contribution in [3.8, 4) is 17.0 Å². The molecule has 0 radical (unpaired) electrons. The summed E-state index contributed by atoms with van der Waals surface area (Å²) in [7, 11) is 0. The summed E-state index contributed by atoms with van der Waals surface area (Å²) < 4.78 is 11.3. The van der Waals surface area contributed by atoms with Crippen molar-refractivity contribution in [1.82, 2.24) is 4.98 Å². The first-order valence-electron chi connectivity index (χ1n) is 11.1. The molecular formula is C26H28N2O4S. The zero-order chi connectivity index (χ0) is 23.7. The minimum Gasteiger partial charge on any atom is -0.478 e. The SMILES string of the molecule is CCC1Oc2ccc(-c3nc(C)sc3C)cc2N(Cc2cccc(C(=O)OC(C)C)c2)C1=O. The Hall–Kier alpha value is -3.19. The molecule has 0 spiro atoms. The van der Waals surface area contributed by atoms with Crippen LogP contribution in [0.2, 0.25) is 0 Å². The van der Waals surface area contributed by atoms with E-state index >= 15 is 0 Å². The summed E-state index contributed by atoms with van der Waals surface area (Å²) >= 11 is 1.65. The van der Waals surface area contributed by atoms with Crippen LogP contribution in [0, 0.1) is 13.8 Å². The zero-order valence-electron chi connectivity index (χ0n) is 19.5. The van der Waals surface area contributed by atoms with E-state index in [1.807, 2.05) is 65.0 Å². The average molecular weight is 465 g/mol. The van der Waals surface area contributed by atoms with Crippen LogP contribution in [0.5, 0.6) is 5.75 Å². The maximum atomic E-state index is 13.3. The number of esters is 1. The summed E-state index contributed by atoms with van der Waals surface area (Å²) in [6.07, 6.45) is -0.169. The molecule has 0 saturated heterocycles. The standard InChI is InChI=1S/C26H28N2O4S/c1-6-22-25(29)28(14-18-8-7-9-20(12-18)26(30)31-15(2)3)21-13-19(10-11-23(21)32-22)24-16(4)33-17(5)27-24/h7-13,15,22H,6,14H2,1-5H3. The maximum absolute atomic E-state index is 13.3. The fourth-order valence-electron chi connectivity index (χ4n) is 3.95. The van der Waals surface area contributed by atoms with E-state index in [-0.39, 0.29) is 18.0 Å². The van der Waals surface area contributed by atoms with Gasteiger partial charge in [0.25, 0.3) is 5.91 Å². The van der Waals surface area contributed by atoms with Gasteiger partial charge in [0.1, 0.15) is 5.75 Å². The molecular weight excluding hydrogens is 436 g/mol. The number of fused-ring (bicyclic) bond motifs is 1. The lowest BCUT2D eigenvalue weighted by molar-refractivity contribution is -0.126. The lowest BCUT2D eigenvalue weighted by Crippen LogP contribution is -2.45. The number of carbonyl (C=O) groups excluding carboxylic acids is 2. The Bertz CT molecular complexity index is 1200. The Balaban J connectivity index is 1.71. The first-order valence-corrected chi connectivity index (χ1v) is 11.9. The lowest BCUT2D eigenvalue weighted by Gasteiger charge is -2.34. The molecule has 1 unspecified atom stereocenters. The lowest BCUT2D eigenvalue weighted by atomic mass is 10.0. The van der Waals surface area contributed by atoms with Gasteiger partial charge in [-0.05, 0) is 70.0 Å². The van der Waals surface area contributed by atoms with Gasteiger partial charge in [-0.2, -0.15) is 0 Å². The van der Waals surface area contributed by atoms with Crippen LogP contribution >= 0.6 is 11.3 Å². The number of benzene rings is 2. The Morgan fingerprint density at radius 3 is 2.67 bits per heavy atom. The van der Waals surface area contributed by atoms with Gasteiger partial charge in [-0.15, -0.1) is 11.3 Å². The van der Waals surface area contributed by atoms with E-state index in [4.69, 9.17) is 9.47 Å². The molecule has 1 aliphatic heterocycles. The second-order valence-electron chi connectivity index (χ2n) is 8.41. The number of anilines is 1. The molecule has 7 heteroatoms. The molecule has 1 atom stereocenters. The molecule has 33 heavy (non-hydrogen) atoms. The minimum atomic E-state index is -0.541. The summed E-state index contributed by atoms with van der Waals surface area (Å²) in [6.45, 7) is 9.94. The number of carbonyl (C=O) groups is 2. The molecule has 0 fully saturated rings. The van der Waals surface area contributed by atoms with E-state index in [2.05, 4.69) is 4.98 Å². The molecule has 1 aromatic heterocycles. The van der Waals surface area contributed by atoms with Crippen molar-refractivity contribution in [3.63, 3.8) is 0 Å². The summed E-state index contributed by atoms with van der Waals surface area (Å²) in [5, 5.41) is 1.00.